The molecule has 0 saturated heterocycles. The predicted octanol–water partition coefficient (Wildman–Crippen LogP) is 2.56. The van der Waals surface area contributed by atoms with Crippen molar-refractivity contribution in [3.05, 3.63) is 54.2 Å². The fraction of sp³-hybridized carbons (Fsp3) is 0.263. The van der Waals surface area contributed by atoms with Gasteiger partial charge in [0.25, 0.3) is 5.91 Å². The first-order valence-corrected chi connectivity index (χ1v) is 8.24. The van der Waals surface area contributed by atoms with Crippen molar-refractivity contribution in [1.82, 2.24) is 15.3 Å². The number of aldehydes is 1. The molecule has 0 radical (unpaired) electrons. The predicted molar refractivity (Wildman–Crippen MR) is 93.3 cm³/mol. The van der Waals surface area contributed by atoms with Crippen LogP contribution in [0.3, 0.4) is 0 Å². The molecule has 0 fully saturated rings. The van der Waals surface area contributed by atoms with Crippen molar-refractivity contribution in [3.8, 4) is 17.3 Å². The van der Waals surface area contributed by atoms with Crippen molar-refractivity contribution in [3.63, 3.8) is 0 Å². The summed E-state index contributed by atoms with van der Waals surface area (Å²) in [6.45, 7) is 0.504. The van der Waals surface area contributed by atoms with Gasteiger partial charge in [-0.15, -0.1) is 0 Å². The number of nitrogens with zero attached hydrogens (tertiary/aromatic N) is 2. The first-order chi connectivity index (χ1) is 12.3. The molecule has 1 aliphatic rings. The van der Waals surface area contributed by atoms with E-state index in [-0.39, 0.29) is 11.9 Å². The topological polar surface area (TPSA) is 81.2 Å². The average Bonchev–Trinajstić information content (AvgIpc) is 2.66. The van der Waals surface area contributed by atoms with Gasteiger partial charge < -0.3 is 14.8 Å². The molecule has 1 N–H and O–H groups in total. The minimum Gasteiger partial charge on any atom is -0.463 e. The summed E-state index contributed by atoms with van der Waals surface area (Å²) in [5.74, 6) is -0.308. The van der Waals surface area contributed by atoms with Crippen LogP contribution in [0.5, 0.6) is 6.01 Å². The van der Waals surface area contributed by atoms with Gasteiger partial charge in [-0.05, 0) is 31.4 Å². The molecule has 0 saturated carbocycles. The van der Waals surface area contributed by atoms with Crippen molar-refractivity contribution in [2.45, 2.75) is 25.3 Å². The molecule has 0 spiro atoms. The number of allylic oxidation sites excluding steroid dienone is 1. The third-order valence-corrected chi connectivity index (χ3v) is 3.86. The first-order valence-electron chi connectivity index (χ1n) is 8.24. The lowest BCUT2D eigenvalue weighted by Gasteiger charge is -2.13. The molecule has 2 bridgehead atoms. The molecule has 6 heteroatoms. The standard InChI is InChI=1S/C19H19N3O3/c23-13-14-7-3-1-2-6-12-25-19-20-11-10-17(22-19)15-8-4-5-9-16(15)18(24)21-14/h1,3-5,8-11,13-14H,2,6-7,12H2,(H,21,24)/b3-1-. The Bertz CT molecular complexity index is 789. The number of hydrogen-bond acceptors (Lipinski definition) is 5. The number of aromatic nitrogens is 2. The summed E-state index contributed by atoms with van der Waals surface area (Å²) in [5, 5.41) is 2.77. The number of rotatable bonds is 1. The molecule has 1 atom stereocenters. The van der Waals surface area contributed by atoms with Crippen LogP contribution in [0, 0.1) is 0 Å². The minimum absolute atomic E-state index is 0.289. The van der Waals surface area contributed by atoms with E-state index in [4.69, 9.17) is 4.74 Å². The molecule has 2 heterocycles. The van der Waals surface area contributed by atoms with Crippen LogP contribution in [0.2, 0.25) is 0 Å². The largest absolute Gasteiger partial charge is 0.463 e. The van der Waals surface area contributed by atoms with Gasteiger partial charge in [-0.2, -0.15) is 4.98 Å². The van der Waals surface area contributed by atoms with E-state index < -0.39 is 6.04 Å². The second-order valence-corrected chi connectivity index (χ2v) is 5.68. The number of carbonyl (C=O) groups is 2. The average molecular weight is 337 g/mol. The van der Waals surface area contributed by atoms with Crippen molar-refractivity contribution in [1.29, 1.82) is 0 Å². The Balaban J connectivity index is 2.00. The SMILES string of the molecule is O=CC1C/C=C\CCCOc2nccc(n2)-c2ccccc2C(=O)N1. The maximum Gasteiger partial charge on any atom is 0.316 e. The quantitative estimate of drug-likeness (QED) is 0.639. The zero-order valence-corrected chi connectivity index (χ0v) is 13.7. The zero-order chi connectivity index (χ0) is 17.5. The molecule has 1 aromatic heterocycles. The molecule has 25 heavy (non-hydrogen) atoms. The molecule has 1 unspecified atom stereocenters. The summed E-state index contributed by atoms with van der Waals surface area (Å²) < 4.78 is 5.59. The molecule has 3 rings (SSSR count). The van der Waals surface area contributed by atoms with E-state index in [0.29, 0.717) is 29.8 Å². The molecular formula is C19H19N3O3. The number of nitrogens with one attached hydrogen (secondary N) is 1. The van der Waals surface area contributed by atoms with E-state index >= 15 is 0 Å². The van der Waals surface area contributed by atoms with Crippen LogP contribution in [0.25, 0.3) is 11.3 Å². The van der Waals surface area contributed by atoms with E-state index in [1.165, 1.54) is 0 Å². The highest BCUT2D eigenvalue weighted by molar-refractivity contribution is 6.01. The van der Waals surface area contributed by atoms with Crippen LogP contribution in [0.15, 0.2) is 48.7 Å². The van der Waals surface area contributed by atoms with Crippen LogP contribution >= 0.6 is 0 Å². The van der Waals surface area contributed by atoms with Crippen molar-refractivity contribution in [2.24, 2.45) is 0 Å². The maximum atomic E-state index is 12.6. The van der Waals surface area contributed by atoms with Gasteiger partial charge in [0.1, 0.15) is 6.29 Å². The Morgan fingerprint density at radius 2 is 2.00 bits per heavy atom. The summed E-state index contributed by atoms with van der Waals surface area (Å²) in [6, 6.07) is 8.61. The van der Waals surface area contributed by atoms with Gasteiger partial charge in [0.15, 0.2) is 0 Å². The number of fused-ring (bicyclic) bond motifs is 4. The third-order valence-electron chi connectivity index (χ3n) is 3.86. The Morgan fingerprint density at radius 1 is 1.16 bits per heavy atom. The highest BCUT2D eigenvalue weighted by atomic mass is 16.5. The van der Waals surface area contributed by atoms with E-state index in [0.717, 1.165) is 19.1 Å². The van der Waals surface area contributed by atoms with Crippen LogP contribution in [-0.4, -0.2) is 34.8 Å². The van der Waals surface area contributed by atoms with Gasteiger partial charge in [0.2, 0.25) is 0 Å². The Labute approximate surface area is 146 Å². The van der Waals surface area contributed by atoms with Gasteiger partial charge in [-0.1, -0.05) is 30.4 Å². The molecule has 128 valence electrons. The monoisotopic (exact) mass is 337 g/mol. The summed E-state index contributed by atoms with van der Waals surface area (Å²) >= 11 is 0. The normalized spacial score (nSPS) is 19.4. The van der Waals surface area contributed by atoms with Gasteiger partial charge in [0.05, 0.1) is 18.3 Å². The van der Waals surface area contributed by atoms with E-state index in [9.17, 15) is 9.59 Å². The smallest absolute Gasteiger partial charge is 0.316 e. The summed E-state index contributed by atoms with van der Waals surface area (Å²) in [6.07, 6.45) is 8.36. The summed E-state index contributed by atoms with van der Waals surface area (Å²) in [5.41, 5.74) is 1.73. The number of hydrogen-bond donors (Lipinski definition) is 1. The number of carbonyl (C=O) groups excluding carboxylic acids is 2. The second-order valence-electron chi connectivity index (χ2n) is 5.68. The summed E-state index contributed by atoms with van der Waals surface area (Å²) in [7, 11) is 0. The molecule has 0 aliphatic carbocycles. The van der Waals surface area contributed by atoms with E-state index in [1.54, 1.807) is 24.4 Å². The maximum absolute atomic E-state index is 12.6. The molecule has 2 aromatic rings. The molecule has 1 amide bonds. The Morgan fingerprint density at radius 3 is 2.84 bits per heavy atom. The lowest BCUT2D eigenvalue weighted by molar-refractivity contribution is -0.109. The summed E-state index contributed by atoms with van der Waals surface area (Å²) in [4.78, 5) is 32.4. The van der Waals surface area contributed by atoms with E-state index in [1.807, 2.05) is 24.3 Å². The van der Waals surface area contributed by atoms with E-state index in [2.05, 4.69) is 15.3 Å². The van der Waals surface area contributed by atoms with Crippen molar-refractivity contribution in [2.75, 3.05) is 6.61 Å². The molecular weight excluding hydrogens is 318 g/mol. The Kier molecular flexibility index (Phi) is 5.51. The third kappa shape index (κ3) is 4.29. The molecule has 1 aromatic carbocycles. The number of benzene rings is 1. The lowest BCUT2D eigenvalue weighted by Crippen LogP contribution is -2.35. The Hall–Kier alpha value is -3.02. The molecule has 1 aliphatic heterocycles. The highest BCUT2D eigenvalue weighted by Gasteiger charge is 2.17. The second kappa shape index (κ2) is 8.19. The van der Waals surface area contributed by atoms with Crippen molar-refractivity contribution >= 4 is 12.2 Å². The number of ether oxygens (including phenoxy) is 1. The lowest BCUT2D eigenvalue weighted by atomic mass is 10.0. The fourth-order valence-electron chi connectivity index (χ4n) is 2.58. The highest BCUT2D eigenvalue weighted by Crippen LogP contribution is 2.23. The number of amides is 1. The van der Waals surface area contributed by atoms with Crippen LogP contribution in [-0.2, 0) is 4.79 Å². The van der Waals surface area contributed by atoms with Gasteiger partial charge >= 0.3 is 6.01 Å². The minimum atomic E-state index is -0.556. The van der Waals surface area contributed by atoms with Crippen LogP contribution < -0.4 is 10.1 Å². The van der Waals surface area contributed by atoms with Gasteiger partial charge in [-0.25, -0.2) is 4.98 Å². The van der Waals surface area contributed by atoms with Crippen LogP contribution in [0.1, 0.15) is 29.6 Å². The zero-order valence-electron chi connectivity index (χ0n) is 13.7. The first kappa shape index (κ1) is 16.8. The van der Waals surface area contributed by atoms with Gasteiger partial charge in [-0.3, -0.25) is 4.79 Å². The van der Waals surface area contributed by atoms with Gasteiger partial charge in [0, 0.05) is 17.3 Å². The molecule has 6 nitrogen and oxygen atoms in total. The van der Waals surface area contributed by atoms with Crippen LogP contribution in [0.4, 0.5) is 0 Å². The van der Waals surface area contributed by atoms with Crippen molar-refractivity contribution < 1.29 is 14.3 Å². The fourth-order valence-corrected chi connectivity index (χ4v) is 2.58.